The highest BCUT2D eigenvalue weighted by molar-refractivity contribution is 6.04. The summed E-state index contributed by atoms with van der Waals surface area (Å²) in [5.41, 5.74) is 1.50. The van der Waals surface area contributed by atoms with Crippen LogP contribution in [0.15, 0.2) is 36.4 Å². The lowest BCUT2D eigenvalue weighted by molar-refractivity contribution is -0.117. The molecule has 11 nitrogen and oxygen atoms in total. The van der Waals surface area contributed by atoms with Crippen LogP contribution in [0.1, 0.15) is 16.2 Å². The summed E-state index contributed by atoms with van der Waals surface area (Å²) in [7, 11) is 3.02. The molecule has 2 aromatic carbocycles. The van der Waals surface area contributed by atoms with E-state index in [1.54, 1.807) is 43.3 Å². The zero-order valence-electron chi connectivity index (χ0n) is 17.7. The molecule has 3 aromatic rings. The Bertz CT molecular complexity index is 1180. The maximum absolute atomic E-state index is 12.8. The van der Waals surface area contributed by atoms with Crippen molar-refractivity contribution >= 4 is 23.2 Å². The molecule has 0 saturated carbocycles. The smallest absolute Gasteiger partial charge is 0.278 e. The first-order chi connectivity index (χ1) is 15.5. The largest absolute Gasteiger partial charge is 0.497 e. The molecule has 0 atom stereocenters. The Kier molecular flexibility index (Phi) is 5.79. The Morgan fingerprint density at radius 2 is 1.88 bits per heavy atom. The second-order valence-corrected chi connectivity index (χ2v) is 6.82. The lowest BCUT2D eigenvalue weighted by atomic mass is 10.2. The maximum atomic E-state index is 12.8. The van der Waals surface area contributed by atoms with Gasteiger partial charge in [0.25, 0.3) is 5.91 Å². The number of anilines is 2. The van der Waals surface area contributed by atoms with E-state index < -0.39 is 5.91 Å². The van der Waals surface area contributed by atoms with Crippen molar-refractivity contribution in [3.63, 3.8) is 0 Å². The number of fused-ring (bicyclic) bond motifs is 1. The van der Waals surface area contributed by atoms with Crippen LogP contribution in [0, 0.1) is 6.92 Å². The Balaban J connectivity index is 1.44. The Morgan fingerprint density at radius 3 is 2.66 bits per heavy atom. The summed E-state index contributed by atoms with van der Waals surface area (Å²) >= 11 is 0. The van der Waals surface area contributed by atoms with Gasteiger partial charge in [-0.3, -0.25) is 9.59 Å². The summed E-state index contributed by atoms with van der Waals surface area (Å²) in [4.78, 5) is 25.2. The van der Waals surface area contributed by atoms with Gasteiger partial charge in [-0.2, -0.15) is 0 Å². The van der Waals surface area contributed by atoms with Gasteiger partial charge in [0.2, 0.25) is 12.7 Å². The van der Waals surface area contributed by atoms with Gasteiger partial charge >= 0.3 is 0 Å². The van der Waals surface area contributed by atoms with Crippen LogP contribution < -0.4 is 29.6 Å². The quantitative estimate of drug-likeness (QED) is 0.574. The Hall–Kier alpha value is -4.28. The van der Waals surface area contributed by atoms with Gasteiger partial charge in [-0.05, 0) is 31.2 Å². The highest BCUT2D eigenvalue weighted by Gasteiger charge is 2.20. The maximum Gasteiger partial charge on any atom is 0.278 e. The molecule has 166 valence electrons. The average molecular weight is 439 g/mol. The van der Waals surface area contributed by atoms with Gasteiger partial charge in [0, 0.05) is 17.8 Å². The van der Waals surface area contributed by atoms with E-state index >= 15 is 0 Å². The molecule has 1 aliphatic rings. The SMILES string of the molecule is COc1ccc(OC)c(NC(=O)c2nnn(CC(=O)Nc3ccc4c(c3)OCO4)c2C)c1. The summed E-state index contributed by atoms with van der Waals surface area (Å²) in [5.74, 6) is 1.38. The van der Waals surface area contributed by atoms with Crippen molar-refractivity contribution in [3.8, 4) is 23.0 Å². The molecule has 1 aromatic heterocycles. The minimum atomic E-state index is -0.489. The number of carbonyl (C=O) groups is 2. The predicted octanol–water partition coefficient (Wildman–Crippen LogP) is 2.22. The van der Waals surface area contributed by atoms with Crippen LogP contribution >= 0.6 is 0 Å². The number of carbonyl (C=O) groups excluding carboxylic acids is 2. The molecule has 0 radical (unpaired) electrons. The molecule has 4 rings (SSSR count). The molecule has 0 fully saturated rings. The lowest BCUT2D eigenvalue weighted by Gasteiger charge is -2.11. The van der Waals surface area contributed by atoms with E-state index in [9.17, 15) is 9.59 Å². The zero-order chi connectivity index (χ0) is 22.7. The fraction of sp³-hybridized carbons (Fsp3) is 0.238. The van der Waals surface area contributed by atoms with Crippen molar-refractivity contribution in [3.05, 3.63) is 47.8 Å². The van der Waals surface area contributed by atoms with Gasteiger partial charge in [-0.15, -0.1) is 5.10 Å². The number of rotatable bonds is 7. The van der Waals surface area contributed by atoms with Gasteiger partial charge in [0.15, 0.2) is 17.2 Å². The second-order valence-electron chi connectivity index (χ2n) is 6.82. The van der Waals surface area contributed by atoms with E-state index in [1.165, 1.54) is 18.9 Å². The molecule has 0 unspecified atom stereocenters. The third kappa shape index (κ3) is 4.26. The van der Waals surface area contributed by atoms with Crippen molar-refractivity contribution in [2.75, 3.05) is 31.6 Å². The van der Waals surface area contributed by atoms with Crippen LogP contribution in [0.3, 0.4) is 0 Å². The summed E-state index contributed by atoms with van der Waals surface area (Å²) in [5, 5.41) is 13.4. The average Bonchev–Trinajstić information content (AvgIpc) is 3.40. The fourth-order valence-corrected chi connectivity index (χ4v) is 3.12. The predicted molar refractivity (Wildman–Crippen MR) is 113 cm³/mol. The first kappa shape index (κ1) is 21.0. The number of amides is 2. The number of ether oxygens (including phenoxy) is 4. The summed E-state index contributed by atoms with van der Waals surface area (Å²) in [6.07, 6.45) is 0. The minimum absolute atomic E-state index is 0.0887. The first-order valence-corrected chi connectivity index (χ1v) is 9.61. The Morgan fingerprint density at radius 1 is 1.06 bits per heavy atom. The molecule has 1 aliphatic heterocycles. The number of hydrogen-bond acceptors (Lipinski definition) is 8. The topological polar surface area (TPSA) is 126 Å². The summed E-state index contributed by atoms with van der Waals surface area (Å²) in [6.45, 7) is 1.69. The molecular weight excluding hydrogens is 418 g/mol. The number of methoxy groups -OCH3 is 2. The third-order valence-corrected chi connectivity index (χ3v) is 4.80. The highest BCUT2D eigenvalue weighted by Crippen LogP contribution is 2.34. The lowest BCUT2D eigenvalue weighted by Crippen LogP contribution is -2.21. The number of benzene rings is 2. The molecule has 0 saturated heterocycles. The van der Waals surface area contributed by atoms with Crippen LogP contribution in [0.5, 0.6) is 23.0 Å². The van der Waals surface area contributed by atoms with Crippen LogP contribution in [-0.2, 0) is 11.3 Å². The third-order valence-electron chi connectivity index (χ3n) is 4.80. The van der Waals surface area contributed by atoms with Crippen molar-refractivity contribution in [1.82, 2.24) is 15.0 Å². The van der Waals surface area contributed by atoms with Gasteiger partial charge in [-0.1, -0.05) is 5.21 Å². The van der Waals surface area contributed by atoms with Gasteiger partial charge in [0.05, 0.1) is 25.6 Å². The normalized spacial score (nSPS) is 11.7. The monoisotopic (exact) mass is 439 g/mol. The fourth-order valence-electron chi connectivity index (χ4n) is 3.12. The molecular formula is C21H21N5O6. The number of aromatic nitrogens is 3. The van der Waals surface area contributed by atoms with Gasteiger partial charge in [0.1, 0.15) is 18.0 Å². The van der Waals surface area contributed by atoms with Crippen LogP contribution in [0.25, 0.3) is 0 Å². The van der Waals surface area contributed by atoms with E-state index in [4.69, 9.17) is 18.9 Å². The number of nitrogens with one attached hydrogen (secondary N) is 2. The Labute approximate surface area is 183 Å². The van der Waals surface area contributed by atoms with Crippen molar-refractivity contribution in [2.24, 2.45) is 0 Å². The van der Waals surface area contributed by atoms with E-state index in [0.29, 0.717) is 40.1 Å². The van der Waals surface area contributed by atoms with E-state index in [1.807, 2.05) is 0 Å². The number of hydrogen-bond donors (Lipinski definition) is 2. The zero-order valence-corrected chi connectivity index (χ0v) is 17.7. The first-order valence-electron chi connectivity index (χ1n) is 9.61. The van der Waals surface area contributed by atoms with Crippen LogP contribution in [0.4, 0.5) is 11.4 Å². The molecule has 0 aliphatic carbocycles. The number of nitrogens with zero attached hydrogens (tertiary/aromatic N) is 3. The molecule has 2 heterocycles. The molecule has 0 bridgehead atoms. The van der Waals surface area contributed by atoms with Crippen molar-refractivity contribution in [1.29, 1.82) is 0 Å². The second kappa shape index (κ2) is 8.84. The van der Waals surface area contributed by atoms with E-state index in [0.717, 1.165) is 0 Å². The molecule has 32 heavy (non-hydrogen) atoms. The summed E-state index contributed by atoms with van der Waals surface area (Å²) in [6, 6.07) is 10.1. The van der Waals surface area contributed by atoms with Gasteiger partial charge in [-0.25, -0.2) is 4.68 Å². The minimum Gasteiger partial charge on any atom is -0.497 e. The summed E-state index contributed by atoms with van der Waals surface area (Å²) < 4.78 is 22.4. The van der Waals surface area contributed by atoms with E-state index in [-0.39, 0.29) is 24.9 Å². The van der Waals surface area contributed by atoms with Crippen LogP contribution in [0.2, 0.25) is 0 Å². The molecule has 11 heteroatoms. The van der Waals surface area contributed by atoms with Crippen molar-refractivity contribution in [2.45, 2.75) is 13.5 Å². The standard InChI is InChI=1S/C21H21N5O6/c1-12-20(21(28)23-15-9-14(29-2)5-7-16(15)30-3)24-25-26(12)10-19(27)22-13-4-6-17-18(8-13)32-11-31-17/h4-9H,10-11H2,1-3H3,(H,22,27)(H,23,28). The highest BCUT2D eigenvalue weighted by atomic mass is 16.7. The molecule has 2 amide bonds. The van der Waals surface area contributed by atoms with Gasteiger partial charge < -0.3 is 29.6 Å². The molecule has 2 N–H and O–H groups in total. The van der Waals surface area contributed by atoms with E-state index in [2.05, 4.69) is 20.9 Å². The van der Waals surface area contributed by atoms with Crippen molar-refractivity contribution < 1.29 is 28.5 Å². The molecule has 0 spiro atoms. The van der Waals surface area contributed by atoms with Crippen LogP contribution in [-0.4, -0.2) is 47.8 Å².